The molecule has 4 aliphatic carbocycles. The number of thiol groups is 1. The first-order valence-corrected chi connectivity index (χ1v) is 15.9. The molecule has 40 heavy (non-hydrogen) atoms. The van der Waals surface area contributed by atoms with Gasteiger partial charge in [0.05, 0.1) is 11.5 Å². The van der Waals surface area contributed by atoms with Crippen LogP contribution in [0, 0.1) is 29.1 Å². The van der Waals surface area contributed by atoms with Gasteiger partial charge in [-0.05, 0) is 113 Å². The monoisotopic (exact) mass is 600 g/mol. The van der Waals surface area contributed by atoms with E-state index in [1.807, 2.05) is 13.8 Å². The van der Waals surface area contributed by atoms with E-state index in [-0.39, 0.29) is 54.6 Å². The van der Waals surface area contributed by atoms with Crippen molar-refractivity contribution in [1.82, 2.24) is 21.1 Å². The van der Waals surface area contributed by atoms with E-state index in [1.54, 1.807) is 0 Å². The third-order valence-electron chi connectivity index (χ3n) is 8.33. The number of halogens is 1. The van der Waals surface area contributed by atoms with E-state index in [4.69, 9.17) is 9.26 Å². The fourth-order valence-corrected chi connectivity index (χ4v) is 6.48. The number of ether oxygens (including phenoxy) is 1. The highest BCUT2D eigenvalue weighted by Crippen LogP contribution is 2.53. The van der Waals surface area contributed by atoms with Crippen LogP contribution in [0.15, 0.2) is 10.6 Å². The zero-order valence-electron chi connectivity index (χ0n) is 25.2. The molecule has 5 aliphatic rings. The molecule has 4 bridgehead atoms. The Morgan fingerprint density at radius 1 is 1.05 bits per heavy atom. The van der Waals surface area contributed by atoms with E-state index in [0.29, 0.717) is 11.8 Å². The lowest BCUT2D eigenvalue weighted by molar-refractivity contribution is -0.131. The predicted molar refractivity (Wildman–Crippen MR) is 165 cm³/mol. The molecule has 1 aromatic heterocycles. The molecule has 0 radical (unpaired) electrons. The van der Waals surface area contributed by atoms with Crippen molar-refractivity contribution in [3.63, 3.8) is 0 Å². The highest BCUT2D eigenvalue weighted by atomic mass is 35.5. The minimum absolute atomic E-state index is 0. The third kappa shape index (κ3) is 9.83. The Morgan fingerprint density at radius 2 is 1.60 bits per heavy atom. The minimum Gasteiger partial charge on any atom is -0.474 e. The second kappa shape index (κ2) is 16.9. The number of rotatable bonds is 8. The maximum Gasteiger partial charge on any atom is 0.290 e. The molecule has 0 atom stereocenters. The van der Waals surface area contributed by atoms with Gasteiger partial charge in [-0.1, -0.05) is 27.2 Å². The lowest BCUT2D eigenvalue weighted by Gasteiger charge is -2.54. The molecule has 1 saturated heterocycles. The summed E-state index contributed by atoms with van der Waals surface area (Å²) in [7, 11) is 0. The number of aromatic nitrogens is 1. The summed E-state index contributed by atoms with van der Waals surface area (Å²) in [5.41, 5.74) is -0.716. The van der Waals surface area contributed by atoms with E-state index in [0.717, 1.165) is 43.5 Å². The molecule has 1 aromatic rings. The molecule has 3 N–H and O–H groups in total. The van der Waals surface area contributed by atoms with Crippen LogP contribution in [0.2, 0.25) is 0 Å². The molecule has 230 valence electrons. The van der Waals surface area contributed by atoms with Crippen LogP contribution in [0.4, 0.5) is 0 Å². The van der Waals surface area contributed by atoms with Gasteiger partial charge in [-0.25, -0.2) is 0 Å². The smallest absolute Gasteiger partial charge is 0.290 e. The molecule has 6 rings (SSSR count). The van der Waals surface area contributed by atoms with Crippen molar-refractivity contribution < 1.29 is 18.8 Å². The average Bonchev–Trinajstić information content (AvgIpc) is 3.40. The molecule has 8 nitrogen and oxygen atoms in total. The largest absolute Gasteiger partial charge is 0.474 e. The topological polar surface area (TPSA) is 105 Å². The molecule has 0 aromatic carbocycles. The van der Waals surface area contributed by atoms with Crippen LogP contribution in [-0.4, -0.2) is 54.5 Å². The van der Waals surface area contributed by atoms with Gasteiger partial charge in [0, 0.05) is 12.1 Å². The van der Waals surface area contributed by atoms with Crippen molar-refractivity contribution in [2.24, 2.45) is 29.1 Å². The highest BCUT2D eigenvalue weighted by Gasteiger charge is 2.48. The molecule has 1 aliphatic heterocycles. The van der Waals surface area contributed by atoms with Crippen molar-refractivity contribution in [3.05, 3.63) is 11.8 Å². The Kier molecular flexibility index (Phi) is 14.6. The summed E-state index contributed by atoms with van der Waals surface area (Å²) in [6.07, 6.45) is 10.7. The van der Waals surface area contributed by atoms with Crippen LogP contribution in [0.3, 0.4) is 0 Å². The normalized spacial score (nSPS) is 26.8. The van der Waals surface area contributed by atoms with Gasteiger partial charge in [0.15, 0.2) is 0 Å². The number of amides is 2. The Balaban J connectivity index is 0.000000634. The van der Waals surface area contributed by atoms with E-state index in [1.165, 1.54) is 51.0 Å². The quantitative estimate of drug-likeness (QED) is 0.287. The second-order valence-electron chi connectivity index (χ2n) is 12.6. The lowest BCUT2D eigenvalue weighted by Crippen LogP contribution is -2.55. The SMILES string of the molecule is CC(C)(COc1cc(C(=O)NC2C3CC4CC(C3)CC2C4)on1)C(=O)NC1CCNCC1.CCC.CCCS.Cl. The molecule has 0 spiro atoms. The Hall–Kier alpha value is -1.45. The van der Waals surface area contributed by atoms with Gasteiger partial charge in [-0.15, -0.1) is 12.4 Å². The van der Waals surface area contributed by atoms with Crippen LogP contribution in [-0.2, 0) is 4.79 Å². The molecular weight excluding hydrogens is 548 g/mol. The van der Waals surface area contributed by atoms with Gasteiger partial charge in [-0.3, -0.25) is 9.59 Å². The van der Waals surface area contributed by atoms with Crippen molar-refractivity contribution in [3.8, 4) is 5.88 Å². The fraction of sp³-hybridized carbons (Fsp3) is 0.833. The molecule has 2 heterocycles. The standard InChI is InChI=1S/C24H36N4O4.C3H8S.C3H8.ClH/c1-24(2,23(30)26-18-3-5-25-6-4-18)13-31-20-12-19(32-28-20)22(29)27-21-16-8-14-7-15(10-16)11-17(21)9-14;1-2-3-4;1-3-2;/h12,14-18,21,25H,3-11,13H2,1-2H3,(H,26,30)(H,27,29);4H,2-3H2,1H3;3H2,1-2H3;1H. The number of piperidine rings is 1. The van der Waals surface area contributed by atoms with Crippen LogP contribution < -0.4 is 20.7 Å². The zero-order valence-corrected chi connectivity index (χ0v) is 26.9. The number of nitrogens with one attached hydrogen (secondary N) is 3. The van der Waals surface area contributed by atoms with Crippen LogP contribution >= 0.6 is 25.0 Å². The van der Waals surface area contributed by atoms with Crippen molar-refractivity contribution in [1.29, 1.82) is 0 Å². The van der Waals surface area contributed by atoms with Gasteiger partial charge in [0.25, 0.3) is 11.8 Å². The summed E-state index contributed by atoms with van der Waals surface area (Å²) in [5.74, 6) is 4.12. The molecule has 4 saturated carbocycles. The zero-order chi connectivity index (χ0) is 28.4. The van der Waals surface area contributed by atoms with E-state index in [2.05, 4.69) is 54.5 Å². The van der Waals surface area contributed by atoms with E-state index in [9.17, 15) is 9.59 Å². The van der Waals surface area contributed by atoms with Crippen molar-refractivity contribution in [2.75, 3.05) is 25.4 Å². The molecule has 5 fully saturated rings. The summed E-state index contributed by atoms with van der Waals surface area (Å²) in [4.78, 5) is 25.5. The van der Waals surface area contributed by atoms with Gasteiger partial charge in [0.1, 0.15) is 6.61 Å². The highest BCUT2D eigenvalue weighted by molar-refractivity contribution is 7.80. The maximum atomic E-state index is 12.8. The first-order valence-electron chi connectivity index (χ1n) is 15.2. The molecule has 2 amide bonds. The van der Waals surface area contributed by atoms with Gasteiger partial charge in [0.2, 0.25) is 11.7 Å². The van der Waals surface area contributed by atoms with Crippen LogP contribution in [0.25, 0.3) is 0 Å². The van der Waals surface area contributed by atoms with Gasteiger partial charge < -0.3 is 25.2 Å². The van der Waals surface area contributed by atoms with Crippen molar-refractivity contribution >= 4 is 36.9 Å². The minimum atomic E-state index is -0.716. The summed E-state index contributed by atoms with van der Waals surface area (Å²) < 4.78 is 11.0. The number of hydrogen-bond acceptors (Lipinski definition) is 7. The Bertz CT molecular complexity index is 876. The number of nitrogens with zero attached hydrogens (tertiary/aromatic N) is 1. The first-order chi connectivity index (χ1) is 18.7. The average molecular weight is 601 g/mol. The Labute approximate surface area is 253 Å². The second-order valence-corrected chi connectivity index (χ2v) is 13.0. The van der Waals surface area contributed by atoms with Gasteiger partial charge in [-0.2, -0.15) is 12.6 Å². The lowest BCUT2D eigenvalue weighted by atomic mass is 9.54. The maximum absolute atomic E-state index is 12.8. The molecule has 0 unspecified atom stereocenters. The number of carbonyl (C=O) groups is 2. The summed E-state index contributed by atoms with van der Waals surface area (Å²) in [6.45, 7) is 12.1. The van der Waals surface area contributed by atoms with E-state index < -0.39 is 5.41 Å². The fourth-order valence-electron chi connectivity index (χ4n) is 6.48. The van der Waals surface area contributed by atoms with Gasteiger partial charge >= 0.3 is 0 Å². The van der Waals surface area contributed by atoms with Crippen molar-refractivity contribution in [2.45, 2.75) is 104 Å². The molecule has 10 heteroatoms. The predicted octanol–water partition coefficient (Wildman–Crippen LogP) is 5.67. The Morgan fingerprint density at radius 3 is 2.12 bits per heavy atom. The van der Waals surface area contributed by atoms with Crippen LogP contribution in [0.5, 0.6) is 5.88 Å². The van der Waals surface area contributed by atoms with Crippen LogP contribution in [0.1, 0.15) is 103 Å². The van der Waals surface area contributed by atoms with E-state index >= 15 is 0 Å². The first kappa shape index (κ1) is 34.7. The summed E-state index contributed by atoms with van der Waals surface area (Å²) in [6, 6.07) is 1.99. The molecular formula is C30H53ClN4O4S. The summed E-state index contributed by atoms with van der Waals surface area (Å²) in [5, 5.41) is 13.6. The third-order valence-corrected chi connectivity index (χ3v) is 8.78. The summed E-state index contributed by atoms with van der Waals surface area (Å²) >= 11 is 3.92. The number of hydrogen-bond donors (Lipinski definition) is 4. The number of carbonyl (C=O) groups excluding carboxylic acids is 2.